The van der Waals surface area contributed by atoms with E-state index in [0.29, 0.717) is 5.92 Å². The van der Waals surface area contributed by atoms with Crippen molar-refractivity contribution in [2.45, 2.75) is 53.0 Å². The second kappa shape index (κ2) is 5.01. The fraction of sp³-hybridized carbons (Fsp3) is 0.600. The van der Waals surface area contributed by atoms with E-state index in [-0.39, 0.29) is 11.5 Å². The molecule has 2 N–H and O–H groups in total. The van der Waals surface area contributed by atoms with Crippen LogP contribution >= 0.6 is 0 Å². The van der Waals surface area contributed by atoms with Crippen LogP contribution in [0.25, 0.3) is 0 Å². The summed E-state index contributed by atoms with van der Waals surface area (Å²) in [5, 5.41) is 0. The van der Waals surface area contributed by atoms with Gasteiger partial charge < -0.3 is 5.73 Å². The largest absolute Gasteiger partial charge is 0.327 e. The van der Waals surface area contributed by atoms with Gasteiger partial charge in [0.2, 0.25) is 0 Å². The summed E-state index contributed by atoms with van der Waals surface area (Å²) in [6.45, 7) is 11.0. The lowest BCUT2D eigenvalue weighted by Crippen LogP contribution is -2.36. The van der Waals surface area contributed by atoms with E-state index in [1.54, 1.807) is 0 Å². The molecule has 0 spiro atoms. The highest BCUT2D eigenvalue weighted by Gasteiger charge is 2.20. The minimum absolute atomic E-state index is 0.177. The standard InChI is InChI=1S/C15H25N/c1-11(2)13-8-6-12(7-9-13)10-14(16)15(3,4)5/h6-9,11,14H,10,16H2,1-5H3. The molecule has 0 aliphatic rings. The van der Waals surface area contributed by atoms with Gasteiger partial charge in [-0.2, -0.15) is 0 Å². The average Bonchev–Trinajstić information content (AvgIpc) is 2.17. The lowest BCUT2D eigenvalue weighted by Gasteiger charge is -2.27. The summed E-state index contributed by atoms with van der Waals surface area (Å²) in [5.74, 6) is 0.602. The maximum Gasteiger partial charge on any atom is 0.0128 e. The van der Waals surface area contributed by atoms with Crippen molar-refractivity contribution in [3.63, 3.8) is 0 Å². The molecule has 0 heterocycles. The van der Waals surface area contributed by atoms with Gasteiger partial charge in [-0.3, -0.25) is 0 Å². The van der Waals surface area contributed by atoms with Crippen molar-refractivity contribution in [1.82, 2.24) is 0 Å². The highest BCUT2D eigenvalue weighted by atomic mass is 14.7. The van der Waals surface area contributed by atoms with Crippen LogP contribution in [0.1, 0.15) is 51.7 Å². The van der Waals surface area contributed by atoms with Crippen LogP contribution in [0.15, 0.2) is 24.3 Å². The summed E-state index contributed by atoms with van der Waals surface area (Å²) in [6.07, 6.45) is 0.960. The lowest BCUT2D eigenvalue weighted by atomic mass is 9.83. The summed E-state index contributed by atoms with van der Waals surface area (Å²) < 4.78 is 0. The molecule has 90 valence electrons. The first-order chi connectivity index (χ1) is 7.30. The summed E-state index contributed by atoms with van der Waals surface area (Å²) in [7, 11) is 0. The van der Waals surface area contributed by atoms with Crippen LogP contribution in [0.3, 0.4) is 0 Å². The van der Waals surface area contributed by atoms with Crippen molar-refractivity contribution >= 4 is 0 Å². The van der Waals surface area contributed by atoms with E-state index in [4.69, 9.17) is 5.73 Å². The first-order valence-corrected chi connectivity index (χ1v) is 6.15. The quantitative estimate of drug-likeness (QED) is 0.823. The second-order valence-electron chi connectivity index (χ2n) is 6.07. The van der Waals surface area contributed by atoms with Crippen molar-refractivity contribution in [3.05, 3.63) is 35.4 Å². The first kappa shape index (κ1) is 13.2. The normalized spacial score (nSPS) is 14.2. The van der Waals surface area contributed by atoms with Crippen molar-refractivity contribution in [2.75, 3.05) is 0 Å². The molecule has 1 nitrogen and oxygen atoms in total. The molecule has 16 heavy (non-hydrogen) atoms. The minimum atomic E-state index is 0.177. The molecule has 1 unspecified atom stereocenters. The van der Waals surface area contributed by atoms with Gasteiger partial charge in [0, 0.05) is 6.04 Å². The summed E-state index contributed by atoms with van der Waals surface area (Å²) in [6, 6.07) is 9.07. The van der Waals surface area contributed by atoms with Gasteiger partial charge >= 0.3 is 0 Å². The predicted molar refractivity (Wildman–Crippen MR) is 71.7 cm³/mol. The van der Waals surface area contributed by atoms with E-state index in [0.717, 1.165) is 6.42 Å². The molecule has 0 aromatic heterocycles. The van der Waals surface area contributed by atoms with E-state index in [1.165, 1.54) is 11.1 Å². The number of hydrogen-bond donors (Lipinski definition) is 1. The average molecular weight is 219 g/mol. The number of nitrogens with two attached hydrogens (primary N) is 1. The summed E-state index contributed by atoms with van der Waals surface area (Å²) in [4.78, 5) is 0. The molecule has 0 amide bonds. The Hall–Kier alpha value is -0.820. The van der Waals surface area contributed by atoms with E-state index in [1.807, 2.05) is 0 Å². The smallest absolute Gasteiger partial charge is 0.0128 e. The Morgan fingerprint density at radius 3 is 1.94 bits per heavy atom. The molecule has 1 aromatic carbocycles. The zero-order valence-corrected chi connectivity index (χ0v) is 11.2. The Kier molecular flexibility index (Phi) is 4.15. The monoisotopic (exact) mass is 219 g/mol. The maximum atomic E-state index is 6.18. The van der Waals surface area contributed by atoms with Crippen LogP contribution in [-0.4, -0.2) is 6.04 Å². The van der Waals surface area contributed by atoms with Crippen LogP contribution in [0, 0.1) is 5.41 Å². The van der Waals surface area contributed by atoms with Crippen molar-refractivity contribution in [3.8, 4) is 0 Å². The highest BCUT2D eigenvalue weighted by molar-refractivity contribution is 5.25. The predicted octanol–water partition coefficient (Wildman–Crippen LogP) is 3.73. The van der Waals surface area contributed by atoms with E-state index < -0.39 is 0 Å². The number of rotatable bonds is 3. The Bertz CT molecular complexity index is 316. The molecule has 0 aliphatic heterocycles. The Balaban J connectivity index is 2.69. The zero-order chi connectivity index (χ0) is 12.3. The molecule has 1 heteroatoms. The number of benzene rings is 1. The fourth-order valence-electron chi connectivity index (χ4n) is 1.60. The van der Waals surface area contributed by atoms with Gasteiger partial charge in [-0.1, -0.05) is 58.9 Å². The SMILES string of the molecule is CC(C)c1ccc(CC(N)C(C)(C)C)cc1. The van der Waals surface area contributed by atoms with Crippen LogP contribution in [0.2, 0.25) is 0 Å². The van der Waals surface area contributed by atoms with Gasteiger partial charge in [-0.25, -0.2) is 0 Å². The Labute approximate surface area is 100 Å². The van der Waals surface area contributed by atoms with Gasteiger partial charge in [0.25, 0.3) is 0 Å². The second-order valence-corrected chi connectivity index (χ2v) is 6.07. The lowest BCUT2D eigenvalue weighted by molar-refractivity contribution is 0.318. The zero-order valence-electron chi connectivity index (χ0n) is 11.2. The molecular formula is C15H25N. The van der Waals surface area contributed by atoms with Gasteiger partial charge in [-0.05, 0) is 28.9 Å². The maximum absolute atomic E-state index is 6.18. The van der Waals surface area contributed by atoms with Crippen LogP contribution in [-0.2, 0) is 6.42 Å². The van der Waals surface area contributed by atoms with E-state index in [2.05, 4.69) is 58.9 Å². The third kappa shape index (κ3) is 3.64. The fourth-order valence-corrected chi connectivity index (χ4v) is 1.60. The summed E-state index contributed by atoms with van der Waals surface area (Å²) >= 11 is 0. The molecule has 0 bridgehead atoms. The third-order valence-corrected chi connectivity index (χ3v) is 3.21. The van der Waals surface area contributed by atoms with Gasteiger partial charge in [0.05, 0.1) is 0 Å². The van der Waals surface area contributed by atoms with Gasteiger partial charge in [0.1, 0.15) is 0 Å². The highest BCUT2D eigenvalue weighted by Crippen LogP contribution is 2.21. The molecule has 1 rings (SSSR count). The van der Waals surface area contributed by atoms with Gasteiger partial charge in [-0.15, -0.1) is 0 Å². The Morgan fingerprint density at radius 1 is 1.06 bits per heavy atom. The molecule has 0 saturated heterocycles. The molecule has 0 saturated carbocycles. The van der Waals surface area contributed by atoms with Crippen LogP contribution in [0.4, 0.5) is 0 Å². The molecule has 0 aliphatic carbocycles. The molecule has 1 aromatic rings. The molecule has 1 atom stereocenters. The third-order valence-electron chi connectivity index (χ3n) is 3.21. The van der Waals surface area contributed by atoms with Gasteiger partial charge in [0.15, 0.2) is 0 Å². The Morgan fingerprint density at radius 2 is 1.56 bits per heavy atom. The van der Waals surface area contributed by atoms with Crippen molar-refractivity contribution in [1.29, 1.82) is 0 Å². The molecule has 0 radical (unpaired) electrons. The first-order valence-electron chi connectivity index (χ1n) is 6.15. The molecular weight excluding hydrogens is 194 g/mol. The van der Waals surface area contributed by atoms with Crippen molar-refractivity contribution < 1.29 is 0 Å². The topological polar surface area (TPSA) is 26.0 Å². The minimum Gasteiger partial charge on any atom is -0.327 e. The van der Waals surface area contributed by atoms with E-state index >= 15 is 0 Å². The van der Waals surface area contributed by atoms with Crippen molar-refractivity contribution in [2.24, 2.45) is 11.1 Å². The number of hydrogen-bond acceptors (Lipinski definition) is 1. The van der Waals surface area contributed by atoms with Crippen LogP contribution in [0.5, 0.6) is 0 Å². The molecule has 0 fully saturated rings. The summed E-state index contributed by atoms with van der Waals surface area (Å²) in [5.41, 5.74) is 9.09. The van der Waals surface area contributed by atoms with E-state index in [9.17, 15) is 0 Å². The van der Waals surface area contributed by atoms with Crippen LogP contribution < -0.4 is 5.73 Å².